The third-order valence-electron chi connectivity index (χ3n) is 3.82. The number of carbonyl (C=O) groups is 2. The summed E-state index contributed by atoms with van der Waals surface area (Å²) in [5, 5.41) is 9.17. The molecule has 1 aliphatic heterocycles. The number of carboxylic acid groups (broad SMARTS) is 1. The van der Waals surface area contributed by atoms with Crippen LogP contribution in [0.4, 0.5) is 0 Å². The summed E-state index contributed by atoms with van der Waals surface area (Å²) >= 11 is 1.35. The van der Waals surface area contributed by atoms with Crippen LogP contribution in [0.3, 0.4) is 0 Å². The second kappa shape index (κ2) is 5.17. The lowest BCUT2D eigenvalue weighted by molar-refractivity contribution is 0.0655. The maximum atomic E-state index is 12.2. The van der Waals surface area contributed by atoms with Crippen LogP contribution in [0.2, 0.25) is 0 Å². The molecule has 0 aliphatic carbocycles. The first-order valence-corrected chi connectivity index (χ1v) is 7.92. The van der Waals surface area contributed by atoms with Crippen molar-refractivity contribution in [2.75, 3.05) is 13.1 Å². The normalized spacial score (nSPS) is 14.0. The van der Waals surface area contributed by atoms with E-state index in [-0.39, 0.29) is 11.5 Å². The zero-order valence-electron chi connectivity index (χ0n) is 11.9. The van der Waals surface area contributed by atoms with Gasteiger partial charge in [0.15, 0.2) is 5.65 Å². The minimum absolute atomic E-state index is 0.0365. The highest BCUT2D eigenvalue weighted by molar-refractivity contribution is 7.17. The van der Waals surface area contributed by atoms with Gasteiger partial charge in [0.1, 0.15) is 11.1 Å². The van der Waals surface area contributed by atoms with Crippen molar-refractivity contribution >= 4 is 34.4 Å². The molecule has 0 aromatic carbocycles. The molecule has 1 fully saturated rings. The number of amides is 1. The van der Waals surface area contributed by atoms with Gasteiger partial charge in [0.05, 0.1) is 21.6 Å². The fourth-order valence-electron chi connectivity index (χ4n) is 2.44. The van der Waals surface area contributed by atoms with Crippen LogP contribution in [0, 0.1) is 0 Å². The van der Waals surface area contributed by atoms with Gasteiger partial charge < -0.3 is 15.0 Å². The van der Waals surface area contributed by atoms with Crippen molar-refractivity contribution in [3.05, 3.63) is 35.0 Å². The Kier molecular flexibility index (Phi) is 3.12. The van der Waals surface area contributed by atoms with Gasteiger partial charge in [0.25, 0.3) is 5.91 Å². The molecule has 116 valence electrons. The van der Waals surface area contributed by atoms with Crippen molar-refractivity contribution in [1.29, 1.82) is 0 Å². The van der Waals surface area contributed by atoms with Crippen molar-refractivity contribution in [2.24, 2.45) is 0 Å². The third kappa shape index (κ3) is 2.27. The number of aromatic carboxylic acids is 1. The molecule has 3 aromatic rings. The van der Waals surface area contributed by atoms with Crippen LogP contribution in [0.15, 0.2) is 24.5 Å². The quantitative estimate of drug-likeness (QED) is 0.768. The number of hydrogen-bond donors (Lipinski definition) is 2. The zero-order chi connectivity index (χ0) is 16.0. The molecule has 0 spiro atoms. The first-order chi connectivity index (χ1) is 11.1. The van der Waals surface area contributed by atoms with E-state index in [1.807, 2.05) is 6.07 Å². The van der Waals surface area contributed by atoms with Crippen LogP contribution < -0.4 is 0 Å². The van der Waals surface area contributed by atoms with Crippen LogP contribution >= 0.6 is 11.3 Å². The summed E-state index contributed by atoms with van der Waals surface area (Å²) in [6.07, 6.45) is 4.01. The number of carboxylic acids is 1. The van der Waals surface area contributed by atoms with Crippen LogP contribution in [-0.4, -0.2) is 49.9 Å². The smallest absolute Gasteiger partial charge is 0.339 e. The molecule has 1 aliphatic rings. The van der Waals surface area contributed by atoms with E-state index in [0.29, 0.717) is 21.7 Å². The van der Waals surface area contributed by atoms with E-state index in [4.69, 9.17) is 5.11 Å². The summed E-state index contributed by atoms with van der Waals surface area (Å²) in [5.74, 6) is -1.02. The van der Waals surface area contributed by atoms with Gasteiger partial charge in [-0.2, -0.15) is 0 Å². The highest BCUT2D eigenvalue weighted by atomic mass is 32.1. The maximum Gasteiger partial charge on any atom is 0.339 e. The molecule has 4 heterocycles. The first-order valence-electron chi connectivity index (χ1n) is 7.10. The van der Waals surface area contributed by atoms with E-state index in [2.05, 4.69) is 15.0 Å². The van der Waals surface area contributed by atoms with Crippen molar-refractivity contribution < 1.29 is 14.7 Å². The fourth-order valence-corrected chi connectivity index (χ4v) is 3.37. The minimum Gasteiger partial charge on any atom is -0.478 e. The Bertz CT molecular complexity index is 926. The average molecular weight is 328 g/mol. The van der Waals surface area contributed by atoms with Crippen molar-refractivity contribution in [3.8, 4) is 10.6 Å². The first kappa shape index (κ1) is 13.9. The largest absolute Gasteiger partial charge is 0.478 e. The zero-order valence-corrected chi connectivity index (χ0v) is 12.8. The summed E-state index contributed by atoms with van der Waals surface area (Å²) in [4.78, 5) is 38.0. The minimum atomic E-state index is -1.05. The number of fused-ring (bicyclic) bond motifs is 1. The van der Waals surface area contributed by atoms with Crippen molar-refractivity contribution in [2.45, 2.75) is 6.42 Å². The monoisotopic (exact) mass is 328 g/mol. The number of rotatable bonds is 3. The molecule has 3 aromatic heterocycles. The number of hydrogen-bond acceptors (Lipinski definition) is 5. The van der Waals surface area contributed by atoms with Gasteiger partial charge in [0, 0.05) is 19.3 Å². The Morgan fingerprint density at radius 3 is 2.83 bits per heavy atom. The predicted molar refractivity (Wildman–Crippen MR) is 84.7 cm³/mol. The SMILES string of the molecule is O=C(O)c1c[nH]c2ncc(-c3ccc(C(=O)N4CCC4)s3)nc12. The van der Waals surface area contributed by atoms with Gasteiger partial charge in [-0.3, -0.25) is 4.79 Å². The number of nitrogens with zero attached hydrogens (tertiary/aromatic N) is 3. The molecule has 0 radical (unpaired) electrons. The van der Waals surface area contributed by atoms with E-state index in [1.54, 1.807) is 17.2 Å². The van der Waals surface area contributed by atoms with Gasteiger partial charge in [-0.15, -0.1) is 11.3 Å². The summed E-state index contributed by atoms with van der Waals surface area (Å²) in [5.41, 5.74) is 1.40. The van der Waals surface area contributed by atoms with Gasteiger partial charge in [-0.1, -0.05) is 0 Å². The van der Waals surface area contributed by atoms with E-state index >= 15 is 0 Å². The van der Waals surface area contributed by atoms with Crippen LogP contribution in [0.1, 0.15) is 26.5 Å². The molecule has 0 unspecified atom stereocenters. The molecular formula is C15H12N4O3S. The number of H-pyrrole nitrogens is 1. The molecule has 1 amide bonds. The van der Waals surface area contributed by atoms with Gasteiger partial charge in [0.2, 0.25) is 0 Å². The Morgan fingerprint density at radius 1 is 1.30 bits per heavy atom. The molecule has 8 heteroatoms. The Morgan fingerprint density at radius 2 is 2.13 bits per heavy atom. The van der Waals surface area contributed by atoms with Crippen LogP contribution in [0.25, 0.3) is 21.7 Å². The maximum absolute atomic E-state index is 12.2. The van der Waals surface area contributed by atoms with Crippen molar-refractivity contribution in [3.63, 3.8) is 0 Å². The summed E-state index contributed by atoms with van der Waals surface area (Å²) in [7, 11) is 0. The molecule has 23 heavy (non-hydrogen) atoms. The molecule has 0 atom stereocenters. The molecular weight excluding hydrogens is 316 g/mol. The highest BCUT2D eigenvalue weighted by Gasteiger charge is 2.23. The standard InChI is InChI=1S/C15H12N4O3S/c20-14(19-4-1-5-19)11-3-2-10(23-11)9-7-17-13-12(18-9)8(6-16-13)15(21)22/h2-3,6-7H,1,4-5H2,(H,16,17)(H,21,22). The lowest BCUT2D eigenvalue weighted by atomic mass is 10.2. The predicted octanol–water partition coefficient (Wildman–Crippen LogP) is 2.23. The molecule has 1 saturated heterocycles. The number of thiophene rings is 1. The van der Waals surface area contributed by atoms with Gasteiger partial charge in [-0.05, 0) is 18.6 Å². The van der Waals surface area contributed by atoms with Crippen LogP contribution in [0.5, 0.6) is 0 Å². The van der Waals surface area contributed by atoms with Crippen molar-refractivity contribution in [1.82, 2.24) is 19.9 Å². The second-order valence-corrected chi connectivity index (χ2v) is 6.35. The Labute approximate surface area is 134 Å². The third-order valence-corrected chi connectivity index (χ3v) is 4.92. The van der Waals surface area contributed by atoms with E-state index in [1.165, 1.54) is 17.5 Å². The number of nitrogens with one attached hydrogen (secondary N) is 1. The fraction of sp³-hybridized carbons (Fsp3) is 0.200. The Hall–Kier alpha value is -2.74. The van der Waals surface area contributed by atoms with Gasteiger partial charge in [-0.25, -0.2) is 14.8 Å². The van der Waals surface area contributed by atoms with E-state index < -0.39 is 5.97 Å². The van der Waals surface area contributed by atoms with Gasteiger partial charge >= 0.3 is 5.97 Å². The number of likely N-dealkylation sites (tertiary alicyclic amines) is 1. The Balaban J connectivity index is 1.71. The number of aromatic nitrogens is 3. The average Bonchev–Trinajstić information content (AvgIpc) is 3.11. The summed E-state index contributed by atoms with van der Waals surface area (Å²) in [6.45, 7) is 1.62. The summed E-state index contributed by atoms with van der Waals surface area (Å²) in [6, 6.07) is 3.60. The van der Waals surface area contributed by atoms with E-state index in [0.717, 1.165) is 24.4 Å². The number of carbonyl (C=O) groups excluding carboxylic acids is 1. The topological polar surface area (TPSA) is 99.2 Å². The number of aromatic amines is 1. The molecule has 4 rings (SSSR count). The highest BCUT2D eigenvalue weighted by Crippen LogP contribution is 2.29. The lowest BCUT2D eigenvalue weighted by Gasteiger charge is -2.30. The molecule has 7 nitrogen and oxygen atoms in total. The molecule has 2 N–H and O–H groups in total. The summed E-state index contributed by atoms with van der Waals surface area (Å²) < 4.78 is 0. The molecule has 0 bridgehead atoms. The second-order valence-electron chi connectivity index (χ2n) is 5.27. The van der Waals surface area contributed by atoms with Crippen LogP contribution in [-0.2, 0) is 0 Å². The molecule has 0 saturated carbocycles. The van der Waals surface area contributed by atoms with E-state index in [9.17, 15) is 9.59 Å². The lowest BCUT2D eigenvalue weighted by Crippen LogP contribution is -2.41.